The van der Waals surface area contributed by atoms with Crippen LogP contribution in [0.5, 0.6) is 5.75 Å². The predicted octanol–water partition coefficient (Wildman–Crippen LogP) is 3.65. The van der Waals surface area contributed by atoms with Crippen LogP contribution in [-0.2, 0) is 0 Å². The second-order valence-electron chi connectivity index (χ2n) is 5.38. The minimum absolute atomic E-state index is 0.119. The summed E-state index contributed by atoms with van der Waals surface area (Å²) in [5.41, 5.74) is 1.65. The van der Waals surface area contributed by atoms with Crippen molar-refractivity contribution in [2.24, 2.45) is 0 Å². The number of aryl methyl sites for hydroxylation is 1. The van der Waals surface area contributed by atoms with Crippen LogP contribution < -0.4 is 4.74 Å². The molecule has 1 aromatic heterocycles. The molecular weight excluding hydrogens is 313 g/mol. The molecule has 0 aliphatic heterocycles. The summed E-state index contributed by atoms with van der Waals surface area (Å²) in [5.74, 6) is -1.27. The molecule has 0 atom stereocenters. The Kier molecular flexibility index (Phi) is 3.54. The normalized spacial score (nSPS) is 14.8. The van der Waals surface area contributed by atoms with Crippen LogP contribution in [0.25, 0.3) is 5.69 Å². The summed E-state index contributed by atoms with van der Waals surface area (Å²) in [6.07, 6.45) is -3.00. The number of benzene rings is 1. The lowest BCUT2D eigenvalue weighted by molar-refractivity contribution is -0.274. The van der Waals surface area contributed by atoms with Gasteiger partial charge in [0.1, 0.15) is 11.3 Å². The predicted molar refractivity (Wildman–Crippen MR) is 73.9 cm³/mol. The average Bonchev–Trinajstić information content (AvgIpc) is 3.21. The van der Waals surface area contributed by atoms with E-state index in [0.717, 1.165) is 12.8 Å². The zero-order valence-corrected chi connectivity index (χ0v) is 12.1. The number of aromatic carboxylic acids is 1. The molecule has 1 aliphatic rings. The first-order valence-electron chi connectivity index (χ1n) is 6.95. The summed E-state index contributed by atoms with van der Waals surface area (Å²) in [6, 6.07) is 5.20. The molecule has 0 radical (unpaired) electrons. The number of aromatic nitrogens is 2. The molecule has 5 nitrogen and oxygen atoms in total. The van der Waals surface area contributed by atoms with Crippen molar-refractivity contribution in [2.45, 2.75) is 32.0 Å². The van der Waals surface area contributed by atoms with Crippen LogP contribution in [-0.4, -0.2) is 27.2 Å². The van der Waals surface area contributed by atoms with Crippen molar-refractivity contribution < 1.29 is 27.8 Å². The van der Waals surface area contributed by atoms with Gasteiger partial charge in [0.05, 0.1) is 17.1 Å². The second-order valence-corrected chi connectivity index (χ2v) is 5.38. The fourth-order valence-corrected chi connectivity index (χ4v) is 2.53. The number of ether oxygens (including phenoxy) is 1. The van der Waals surface area contributed by atoms with Crippen molar-refractivity contribution >= 4 is 5.97 Å². The fraction of sp³-hybridized carbons (Fsp3) is 0.333. The number of carbonyl (C=O) groups is 1. The van der Waals surface area contributed by atoms with Crippen molar-refractivity contribution in [1.29, 1.82) is 0 Å². The quantitative estimate of drug-likeness (QED) is 0.931. The maximum Gasteiger partial charge on any atom is 0.573 e. The molecule has 122 valence electrons. The minimum Gasteiger partial charge on any atom is -0.478 e. The van der Waals surface area contributed by atoms with Crippen LogP contribution in [0.4, 0.5) is 13.2 Å². The van der Waals surface area contributed by atoms with E-state index in [1.807, 2.05) is 0 Å². The number of carboxylic acid groups (broad SMARTS) is 1. The Hall–Kier alpha value is -2.51. The minimum atomic E-state index is -4.75. The number of rotatable bonds is 4. The molecule has 1 N–H and O–H groups in total. The first kappa shape index (κ1) is 15.4. The summed E-state index contributed by atoms with van der Waals surface area (Å²) in [7, 11) is 0. The summed E-state index contributed by atoms with van der Waals surface area (Å²) < 4.78 is 41.9. The summed E-state index contributed by atoms with van der Waals surface area (Å²) in [5, 5.41) is 13.6. The van der Waals surface area contributed by atoms with E-state index in [2.05, 4.69) is 9.84 Å². The third-order valence-corrected chi connectivity index (χ3v) is 3.59. The van der Waals surface area contributed by atoms with E-state index >= 15 is 0 Å². The van der Waals surface area contributed by atoms with Crippen LogP contribution in [0, 0.1) is 6.92 Å². The van der Waals surface area contributed by atoms with Crippen LogP contribution in [0.3, 0.4) is 0 Å². The molecule has 0 bridgehead atoms. The van der Waals surface area contributed by atoms with E-state index in [-0.39, 0.29) is 17.2 Å². The van der Waals surface area contributed by atoms with Gasteiger partial charge in [0.15, 0.2) is 0 Å². The maximum atomic E-state index is 12.2. The van der Waals surface area contributed by atoms with Gasteiger partial charge in [-0.25, -0.2) is 9.48 Å². The lowest BCUT2D eigenvalue weighted by Gasteiger charge is -2.11. The van der Waals surface area contributed by atoms with Gasteiger partial charge in [0.2, 0.25) is 0 Å². The van der Waals surface area contributed by atoms with Crippen LogP contribution in [0.1, 0.15) is 40.5 Å². The number of carboxylic acids is 1. The first-order chi connectivity index (χ1) is 10.8. The number of hydrogen-bond donors (Lipinski definition) is 1. The molecule has 1 aromatic carbocycles. The van der Waals surface area contributed by atoms with Crippen LogP contribution in [0.2, 0.25) is 0 Å². The Bertz CT molecular complexity index is 747. The molecule has 1 fully saturated rings. The highest BCUT2D eigenvalue weighted by molar-refractivity contribution is 5.90. The van der Waals surface area contributed by atoms with Gasteiger partial charge in [-0.05, 0) is 44.0 Å². The summed E-state index contributed by atoms with van der Waals surface area (Å²) >= 11 is 0. The van der Waals surface area contributed by atoms with Crippen molar-refractivity contribution in [1.82, 2.24) is 9.78 Å². The number of halogens is 3. The zero-order valence-electron chi connectivity index (χ0n) is 12.1. The van der Waals surface area contributed by atoms with E-state index < -0.39 is 12.3 Å². The Morgan fingerprint density at radius 2 is 1.91 bits per heavy atom. The number of alkyl halides is 3. The molecule has 2 aromatic rings. The lowest BCUT2D eigenvalue weighted by Crippen LogP contribution is -2.17. The third kappa shape index (κ3) is 3.15. The molecule has 23 heavy (non-hydrogen) atoms. The third-order valence-electron chi connectivity index (χ3n) is 3.59. The molecule has 0 spiro atoms. The molecule has 1 aliphatic carbocycles. The number of hydrogen-bond acceptors (Lipinski definition) is 3. The smallest absolute Gasteiger partial charge is 0.478 e. The van der Waals surface area contributed by atoms with Crippen LogP contribution >= 0.6 is 0 Å². The summed E-state index contributed by atoms with van der Waals surface area (Å²) in [4.78, 5) is 11.4. The molecule has 0 saturated heterocycles. The van der Waals surface area contributed by atoms with Crippen molar-refractivity contribution in [3.63, 3.8) is 0 Å². The first-order valence-corrected chi connectivity index (χ1v) is 6.95. The zero-order chi connectivity index (χ0) is 16.8. The molecule has 8 heteroatoms. The van der Waals surface area contributed by atoms with Gasteiger partial charge in [-0.1, -0.05) is 0 Å². The monoisotopic (exact) mass is 326 g/mol. The summed E-state index contributed by atoms with van der Waals surface area (Å²) in [6.45, 7) is 1.60. The van der Waals surface area contributed by atoms with E-state index in [1.165, 1.54) is 28.9 Å². The lowest BCUT2D eigenvalue weighted by atomic mass is 10.1. The average molecular weight is 326 g/mol. The van der Waals surface area contributed by atoms with Crippen molar-refractivity contribution in [2.75, 3.05) is 0 Å². The Balaban J connectivity index is 1.99. The van der Waals surface area contributed by atoms with Gasteiger partial charge in [-0.2, -0.15) is 5.10 Å². The number of nitrogens with zero attached hydrogens (tertiary/aromatic N) is 2. The Morgan fingerprint density at radius 1 is 1.30 bits per heavy atom. The molecule has 0 amide bonds. The van der Waals surface area contributed by atoms with Gasteiger partial charge < -0.3 is 9.84 Å². The van der Waals surface area contributed by atoms with Gasteiger partial charge in [0.25, 0.3) is 0 Å². The SMILES string of the molecule is Cc1nn(-c2ccc(OC(F)(F)F)cc2)c(C2CC2)c1C(=O)O. The topological polar surface area (TPSA) is 64.4 Å². The van der Waals surface area contributed by atoms with E-state index in [0.29, 0.717) is 17.1 Å². The largest absolute Gasteiger partial charge is 0.573 e. The van der Waals surface area contributed by atoms with Crippen LogP contribution in [0.15, 0.2) is 24.3 Å². The van der Waals surface area contributed by atoms with Gasteiger partial charge >= 0.3 is 12.3 Å². The van der Waals surface area contributed by atoms with Gasteiger partial charge in [-0.3, -0.25) is 0 Å². The highest BCUT2D eigenvalue weighted by Crippen LogP contribution is 2.43. The van der Waals surface area contributed by atoms with Gasteiger partial charge in [-0.15, -0.1) is 13.2 Å². The van der Waals surface area contributed by atoms with E-state index in [4.69, 9.17) is 0 Å². The Labute approximate surface area is 129 Å². The highest BCUT2D eigenvalue weighted by Gasteiger charge is 2.35. The van der Waals surface area contributed by atoms with Crippen molar-refractivity contribution in [3.8, 4) is 11.4 Å². The van der Waals surface area contributed by atoms with E-state index in [1.54, 1.807) is 6.92 Å². The Morgan fingerprint density at radius 3 is 2.39 bits per heavy atom. The molecule has 1 heterocycles. The van der Waals surface area contributed by atoms with Gasteiger partial charge in [0, 0.05) is 5.92 Å². The second kappa shape index (κ2) is 5.29. The molecular formula is C15H13F3N2O3. The molecule has 3 rings (SSSR count). The highest BCUT2D eigenvalue weighted by atomic mass is 19.4. The molecule has 0 unspecified atom stereocenters. The van der Waals surface area contributed by atoms with Crippen molar-refractivity contribution in [3.05, 3.63) is 41.2 Å². The molecule has 1 saturated carbocycles. The van der Waals surface area contributed by atoms with E-state index in [9.17, 15) is 23.1 Å². The maximum absolute atomic E-state index is 12.2. The standard InChI is InChI=1S/C15H13F3N2O3/c1-8-12(14(21)22)13(9-2-3-9)20(19-8)10-4-6-11(7-5-10)23-15(16,17)18/h4-7,9H,2-3H2,1H3,(H,21,22). The fourth-order valence-electron chi connectivity index (χ4n) is 2.53.